The first kappa shape index (κ1) is 20.5. The molecule has 1 aromatic rings. The monoisotopic (exact) mass is 382 g/mol. The predicted molar refractivity (Wildman–Crippen MR) is 84.6 cm³/mol. The third kappa shape index (κ3) is 5.25. The minimum atomic E-state index is -4.98. The van der Waals surface area contributed by atoms with Gasteiger partial charge in [-0.15, -0.1) is 0 Å². The Balaban J connectivity index is 3.47. The van der Waals surface area contributed by atoms with Crippen molar-refractivity contribution in [3.8, 4) is 6.07 Å². The fourth-order valence-corrected chi connectivity index (χ4v) is 3.42. The SMILES string of the molecule is CCOP(=O)(OCC)/C(C#N)=C(\Nc1ccc(Cl)cc1)C(F)(F)F. The summed E-state index contributed by atoms with van der Waals surface area (Å²) in [5, 5.41) is 10.4. The molecule has 0 aliphatic carbocycles. The Kier molecular flexibility index (Phi) is 7.30. The van der Waals surface area contributed by atoms with Crippen molar-refractivity contribution in [3.63, 3.8) is 0 Å². The van der Waals surface area contributed by atoms with Gasteiger partial charge in [-0.2, -0.15) is 18.4 Å². The van der Waals surface area contributed by atoms with Crippen LogP contribution < -0.4 is 5.32 Å². The highest BCUT2D eigenvalue weighted by molar-refractivity contribution is 7.59. The predicted octanol–water partition coefficient (Wildman–Crippen LogP) is 5.32. The summed E-state index contributed by atoms with van der Waals surface area (Å²) in [6, 6.07) is 6.62. The third-order valence-electron chi connectivity index (χ3n) is 2.61. The topological polar surface area (TPSA) is 71.3 Å². The maximum Gasteiger partial charge on any atom is 0.432 e. The Morgan fingerprint density at radius 1 is 1.25 bits per heavy atom. The molecule has 0 heterocycles. The van der Waals surface area contributed by atoms with Crippen molar-refractivity contribution in [2.75, 3.05) is 18.5 Å². The van der Waals surface area contributed by atoms with E-state index in [1.54, 1.807) is 0 Å². The standard InChI is InChI=1S/C14H15ClF3N2O3P/c1-3-22-24(21,23-4-2)12(9-19)13(14(16,17)18)20-11-7-5-10(15)6-8-11/h5-8,20H,3-4H2,1-2H3/b13-12-. The normalized spacial score (nSPS) is 13.2. The summed E-state index contributed by atoms with van der Waals surface area (Å²) < 4.78 is 62.5. The molecule has 0 amide bonds. The Bertz CT molecular complexity index is 674. The molecule has 0 spiro atoms. The molecule has 0 fully saturated rings. The molecule has 10 heteroatoms. The number of hydrogen-bond acceptors (Lipinski definition) is 5. The van der Waals surface area contributed by atoms with E-state index in [-0.39, 0.29) is 18.9 Å². The lowest BCUT2D eigenvalue weighted by molar-refractivity contribution is -0.0906. The van der Waals surface area contributed by atoms with E-state index in [0.717, 1.165) is 0 Å². The first-order valence-corrected chi connectivity index (χ1v) is 8.73. The molecule has 24 heavy (non-hydrogen) atoms. The van der Waals surface area contributed by atoms with Crippen LogP contribution in [0, 0.1) is 11.3 Å². The molecule has 0 radical (unpaired) electrons. The molecule has 0 unspecified atom stereocenters. The van der Waals surface area contributed by atoms with Crippen molar-refractivity contribution < 1.29 is 26.8 Å². The van der Waals surface area contributed by atoms with Gasteiger partial charge in [-0.05, 0) is 38.1 Å². The molecule has 132 valence electrons. The molecular weight excluding hydrogens is 368 g/mol. The highest BCUT2D eigenvalue weighted by Crippen LogP contribution is 2.58. The van der Waals surface area contributed by atoms with Crippen LogP contribution >= 0.6 is 19.2 Å². The van der Waals surface area contributed by atoms with Gasteiger partial charge in [0.05, 0.1) is 13.2 Å². The molecule has 1 rings (SSSR count). The van der Waals surface area contributed by atoms with E-state index in [0.29, 0.717) is 5.02 Å². The summed E-state index contributed by atoms with van der Waals surface area (Å²) >= 11 is 5.68. The van der Waals surface area contributed by atoms with Crippen molar-refractivity contribution in [2.24, 2.45) is 0 Å². The number of nitrogens with zero attached hydrogens (tertiary/aromatic N) is 1. The van der Waals surface area contributed by atoms with Crippen LogP contribution in [0.5, 0.6) is 0 Å². The maximum absolute atomic E-state index is 13.4. The number of nitrogens with one attached hydrogen (secondary N) is 1. The Morgan fingerprint density at radius 3 is 2.12 bits per heavy atom. The molecule has 0 atom stereocenters. The van der Waals surface area contributed by atoms with Crippen molar-refractivity contribution in [3.05, 3.63) is 40.3 Å². The molecule has 1 N–H and O–H groups in total. The first-order valence-electron chi connectivity index (χ1n) is 6.81. The number of nitriles is 1. The van der Waals surface area contributed by atoms with Crippen molar-refractivity contribution >= 4 is 24.9 Å². The van der Waals surface area contributed by atoms with Gasteiger partial charge in [-0.3, -0.25) is 4.57 Å². The van der Waals surface area contributed by atoms with Gasteiger partial charge in [-0.25, -0.2) is 0 Å². The van der Waals surface area contributed by atoms with Crippen molar-refractivity contribution in [2.45, 2.75) is 20.0 Å². The second kappa shape index (κ2) is 8.54. The van der Waals surface area contributed by atoms with Crippen LogP contribution in [0.3, 0.4) is 0 Å². The van der Waals surface area contributed by atoms with Crippen LogP contribution in [0.4, 0.5) is 18.9 Å². The molecule has 0 saturated carbocycles. The second-order valence-electron chi connectivity index (χ2n) is 4.30. The van der Waals surface area contributed by atoms with Gasteiger partial charge >= 0.3 is 13.8 Å². The fourth-order valence-electron chi connectivity index (χ4n) is 1.70. The summed E-state index contributed by atoms with van der Waals surface area (Å²) in [6.45, 7) is 2.49. The third-order valence-corrected chi connectivity index (χ3v) is 4.93. The number of benzene rings is 1. The number of halogens is 4. The lowest BCUT2D eigenvalue weighted by Crippen LogP contribution is -2.22. The zero-order valence-corrected chi connectivity index (χ0v) is 14.5. The second-order valence-corrected chi connectivity index (χ2v) is 6.69. The Hall–Kier alpha value is -1.52. The largest absolute Gasteiger partial charge is 0.432 e. The van der Waals surface area contributed by atoms with Gasteiger partial charge in [0.1, 0.15) is 11.8 Å². The minimum Gasteiger partial charge on any atom is -0.350 e. The van der Waals surface area contributed by atoms with Gasteiger partial charge in [0.2, 0.25) is 0 Å². The van der Waals surface area contributed by atoms with Gasteiger partial charge < -0.3 is 14.4 Å². The van der Waals surface area contributed by atoms with Crippen LogP contribution in [-0.2, 0) is 13.6 Å². The zero-order valence-electron chi connectivity index (χ0n) is 12.9. The van der Waals surface area contributed by atoms with Crippen LogP contribution in [-0.4, -0.2) is 19.4 Å². The maximum atomic E-state index is 13.4. The number of hydrogen-bond donors (Lipinski definition) is 1. The van der Waals surface area contributed by atoms with Gasteiger partial charge in [-0.1, -0.05) is 11.6 Å². The number of allylic oxidation sites excluding steroid dienone is 2. The highest BCUT2D eigenvalue weighted by Gasteiger charge is 2.44. The average Bonchev–Trinajstić information content (AvgIpc) is 2.48. The highest BCUT2D eigenvalue weighted by atomic mass is 35.5. The van der Waals surface area contributed by atoms with E-state index < -0.39 is 24.8 Å². The molecule has 0 aromatic heterocycles. The van der Waals surface area contributed by atoms with E-state index in [1.807, 2.05) is 0 Å². The quantitative estimate of drug-likeness (QED) is 0.510. The molecule has 0 saturated heterocycles. The summed E-state index contributed by atoms with van der Waals surface area (Å²) in [7, 11) is -4.42. The van der Waals surface area contributed by atoms with E-state index >= 15 is 0 Å². The summed E-state index contributed by atoms with van der Waals surface area (Å²) in [6.07, 6.45) is -4.98. The Morgan fingerprint density at radius 2 is 1.75 bits per heavy atom. The smallest absolute Gasteiger partial charge is 0.350 e. The van der Waals surface area contributed by atoms with Gasteiger partial charge in [0, 0.05) is 10.7 Å². The van der Waals surface area contributed by atoms with Crippen LogP contribution in [0.1, 0.15) is 13.8 Å². The number of rotatable bonds is 7. The van der Waals surface area contributed by atoms with Gasteiger partial charge in [0.15, 0.2) is 5.31 Å². The average molecular weight is 383 g/mol. The van der Waals surface area contributed by atoms with Crippen LogP contribution in [0.25, 0.3) is 0 Å². The van der Waals surface area contributed by atoms with E-state index in [4.69, 9.17) is 25.9 Å². The summed E-state index contributed by atoms with van der Waals surface area (Å²) in [4.78, 5) is 0. The minimum absolute atomic E-state index is 0.0130. The number of anilines is 1. The summed E-state index contributed by atoms with van der Waals surface area (Å²) in [5.41, 5.74) is -1.49. The molecular formula is C14H15ClF3N2O3P. The number of alkyl halides is 3. The van der Waals surface area contributed by atoms with Crippen LogP contribution in [0.2, 0.25) is 5.02 Å². The molecule has 0 aliphatic heterocycles. The van der Waals surface area contributed by atoms with Crippen molar-refractivity contribution in [1.29, 1.82) is 5.26 Å². The zero-order chi connectivity index (χ0) is 18.4. The fraction of sp³-hybridized carbons (Fsp3) is 0.357. The van der Waals surface area contributed by atoms with Gasteiger partial charge in [0.25, 0.3) is 0 Å². The van der Waals surface area contributed by atoms with Crippen molar-refractivity contribution in [1.82, 2.24) is 0 Å². The van der Waals surface area contributed by atoms with E-state index in [2.05, 4.69) is 5.32 Å². The van der Waals surface area contributed by atoms with Crippen LogP contribution in [0.15, 0.2) is 35.3 Å². The summed E-state index contributed by atoms with van der Waals surface area (Å²) in [5.74, 6) is 0. The first-order chi connectivity index (χ1) is 11.2. The Labute approximate surface area is 142 Å². The molecule has 5 nitrogen and oxygen atoms in total. The lowest BCUT2D eigenvalue weighted by Gasteiger charge is -2.21. The molecule has 1 aromatic carbocycles. The molecule has 0 bridgehead atoms. The van der Waals surface area contributed by atoms with E-state index in [9.17, 15) is 17.7 Å². The lowest BCUT2D eigenvalue weighted by atomic mass is 10.3. The van der Waals surface area contributed by atoms with E-state index in [1.165, 1.54) is 44.2 Å². The molecule has 0 aliphatic rings.